The Hall–Kier alpha value is -0.700. The molecule has 0 saturated carbocycles. The first kappa shape index (κ1) is 17.4. The smallest absolute Gasteiger partial charge is 0.308 e. The Labute approximate surface area is 120 Å². The number of nitrogens with zero attached hydrogens (tertiary/aromatic N) is 1. The second-order valence-corrected chi connectivity index (χ2v) is 6.79. The van der Waals surface area contributed by atoms with Crippen molar-refractivity contribution < 1.29 is 23.1 Å². The van der Waals surface area contributed by atoms with Gasteiger partial charge in [-0.2, -0.15) is 17.4 Å². The van der Waals surface area contributed by atoms with Crippen molar-refractivity contribution in [3.05, 3.63) is 0 Å². The topological polar surface area (TPSA) is 95.9 Å². The molecule has 0 aromatic rings. The molecule has 0 bridgehead atoms. The molecule has 1 rings (SSSR count). The van der Waals surface area contributed by atoms with Crippen LogP contribution >= 0.6 is 0 Å². The van der Waals surface area contributed by atoms with E-state index in [0.717, 1.165) is 0 Å². The molecular weight excluding hydrogens is 284 g/mol. The molecule has 1 aliphatic rings. The van der Waals surface area contributed by atoms with E-state index >= 15 is 0 Å². The van der Waals surface area contributed by atoms with Crippen LogP contribution in [0.15, 0.2) is 0 Å². The third kappa shape index (κ3) is 5.01. The zero-order valence-electron chi connectivity index (χ0n) is 12.0. The molecule has 8 heteroatoms. The van der Waals surface area contributed by atoms with E-state index in [-0.39, 0.29) is 24.5 Å². The number of carbonyl (C=O) groups is 1. The summed E-state index contributed by atoms with van der Waals surface area (Å²) in [5.74, 6) is -0.482. The molecule has 0 aromatic carbocycles. The summed E-state index contributed by atoms with van der Waals surface area (Å²) in [6.07, 6.45) is 2.12. The van der Waals surface area contributed by atoms with Gasteiger partial charge in [0, 0.05) is 25.7 Å². The molecule has 20 heavy (non-hydrogen) atoms. The number of piperidine rings is 1. The highest BCUT2D eigenvalue weighted by Crippen LogP contribution is 2.20. The van der Waals surface area contributed by atoms with E-state index in [0.29, 0.717) is 38.8 Å². The number of esters is 1. The lowest BCUT2D eigenvalue weighted by Gasteiger charge is -2.30. The number of carbonyl (C=O) groups excluding carboxylic acids is 1. The highest BCUT2D eigenvalue weighted by molar-refractivity contribution is 7.87. The zero-order chi connectivity index (χ0) is 15.2. The molecule has 0 aliphatic carbocycles. The molecule has 0 aromatic heterocycles. The number of rotatable bonds is 7. The van der Waals surface area contributed by atoms with Crippen LogP contribution in [0.3, 0.4) is 0 Å². The minimum Gasteiger partial charge on any atom is -0.469 e. The van der Waals surface area contributed by atoms with Gasteiger partial charge in [0.15, 0.2) is 0 Å². The summed E-state index contributed by atoms with van der Waals surface area (Å²) in [5, 5.41) is 8.74. The minimum absolute atomic E-state index is 0.0522. The maximum atomic E-state index is 12.1. The first-order valence-electron chi connectivity index (χ1n) is 6.86. The molecule has 0 spiro atoms. The fraction of sp³-hybridized carbons (Fsp3) is 0.917. The van der Waals surface area contributed by atoms with Gasteiger partial charge in [0.2, 0.25) is 0 Å². The van der Waals surface area contributed by atoms with Crippen molar-refractivity contribution in [1.82, 2.24) is 9.03 Å². The van der Waals surface area contributed by atoms with E-state index in [2.05, 4.69) is 9.46 Å². The van der Waals surface area contributed by atoms with Gasteiger partial charge in [0.25, 0.3) is 10.2 Å². The summed E-state index contributed by atoms with van der Waals surface area (Å²) in [6.45, 7) is 2.47. The van der Waals surface area contributed by atoms with E-state index < -0.39 is 10.2 Å². The lowest BCUT2D eigenvalue weighted by molar-refractivity contribution is -0.146. The second kappa shape index (κ2) is 7.92. The SMILES string of the molecule is COC(=O)C1CCN(S(=O)(=O)NC(C)CCCO)CC1. The molecule has 0 radical (unpaired) electrons. The summed E-state index contributed by atoms with van der Waals surface area (Å²) in [5.41, 5.74) is 0. The van der Waals surface area contributed by atoms with Crippen molar-refractivity contribution in [2.45, 2.75) is 38.6 Å². The standard InChI is InChI=1S/C12H24N2O5S/c1-10(4-3-9-15)13-20(17,18)14-7-5-11(6-8-14)12(16)19-2/h10-11,13,15H,3-9H2,1-2H3. The van der Waals surface area contributed by atoms with Crippen LogP contribution in [0.25, 0.3) is 0 Å². The number of aliphatic hydroxyl groups excluding tert-OH is 1. The van der Waals surface area contributed by atoms with Crippen LogP contribution < -0.4 is 4.72 Å². The Bertz CT molecular complexity index is 404. The third-order valence-electron chi connectivity index (χ3n) is 3.47. The molecule has 1 aliphatic heterocycles. The van der Waals surface area contributed by atoms with Crippen molar-refractivity contribution in [3.63, 3.8) is 0 Å². The fourth-order valence-corrected chi connectivity index (χ4v) is 3.75. The van der Waals surface area contributed by atoms with Crippen LogP contribution in [0.1, 0.15) is 32.6 Å². The van der Waals surface area contributed by atoms with E-state index in [1.165, 1.54) is 11.4 Å². The van der Waals surface area contributed by atoms with Gasteiger partial charge in [-0.25, -0.2) is 0 Å². The Morgan fingerprint density at radius 1 is 1.45 bits per heavy atom. The van der Waals surface area contributed by atoms with Gasteiger partial charge in [-0.05, 0) is 32.6 Å². The van der Waals surface area contributed by atoms with Crippen molar-refractivity contribution in [1.29, 1.82) is 0 Å². The number of hydrogen-bond acceptors (Lipinski definition) is 5. The van der Waals surface area contributed by atoms with Crippen LogP contribution in [-0.4, -0.2) is 56.6 Å². The van der Waals surface area contributed by atoms with Gasteiger partial charge in [-0.15, -0.1) is 0 Å². The highest BCUT2D eigenvalue weighted by atomic mass is 32.2. The summed E-state index contributed by atoms with van der Waals surface area (Å²) in [7, 11) is -2.18. The van der Waals surface area contributed by atoms with E-state index in [9.17, 15) is 13.2 Å². The maximum absolute atomic E-state index is 12.1. The minimum atomic E-state index is -3.52. The molecular formula is C12H24N2O5S. The van der Waals surface area contributed by atoms with E-state index in [1.807, 2.05) is 0 Å². The van der Waals surface area contributed by atoms with Crippen molar-refractivity contribution in [2.75, 3.05) is 26.8 Å². The van der Waals surface area contributed by atoms with Gasteiger partial charge in [0.05, 0.1) is 13.0 Å². The number of ether oxygens (including phenoxy) is 1. The van der Waals surface area contributed by atoms with Crippen LogP contribution in [0.4, 0.5) is 0 Å². The maximum Gasteiger partial charge on any atom is 0.308 e. The van der Waals surface area contributed by atoms with Crippen LogP contribution in [0, 0.1) is 5.92 Å². The molecule has 7 nitrogen and oxygen atoms in total. The van der Waals surface area contributed by atoms with Crippen LogP contribution in [-0.2, 0) is 19.7 Å². The number of nitrogens with one attached hydrogen (secondary N) is 1. The predicted molar refractivity (Wildman–Crippen MR) is 74.2 cm³/mol. The van der Waals surface area contributed by atoms with Crippen molar-refractivity contribution >= 4 is 16.2 Å². The largest absolute Gasteiger partial charge is 0.469 e. The molecule has 118 valence electrons. The van der Waals surface area contributed by atoms with E-state index in [4.69, 9.17) is 5.11 Å². The Morgan fingerprint density at radius 2 is 2.05 bits per heavy atom. The summed E-state index contributed by atoms with van der Waals surface area (Å²) >= 11 is 0. The average molecular weight is 308 g/mol. The van der Waals surface area contributed by atoms with Gasteiger partial charge >= 0.3 is 5.97 Å². The first-order valence-corrected chi connectivity index (χ1v) is 8.30. The molecule has 1 unspecified atom stereocenters. The molecule has 1 heterocycles. The zero-order valence-corrected chi connectivity index (χ0v) is 12.9. The summed E-state index contributed by atoms with van der Waals surface area (Å²) < 4.78 is 32.9. The predicted octanol–water partition coefficient (Wildman–Crippen LogP) is -0.133. The summed E-state index contributed by atoms with van der Waals surface area (Å²) in [4.78, 5) is 11.4. The van der Waals surface area contributed by atoms with Gasteiger partial charge < -0.3 is 9.84 Å². The first-order chi connectivity index (χ1) is 9.40. The normalized spacial score (nSPS) is 19.8. The number of aliphatic hydroxyl groups is 1. The van der Waals surface area contributed by atoms with Crippen LogP contribution in [0.2, 0.25) is 0 Å². The van der Waals surface area contributed by atoms with Crippen LogP contribution in [0.5, 0.6) is 0 Å². The third-order valence-corrected chi connectivity index (χ3v) is 5.22. The van der Waals surface area contributed by atoms with E-state index in [1.54, 1.807) is 6.92 Å². The summed E-state index contributed by atoms with van der Waals surface area (Å²) in [6, 6.07) is -0.217. The van der Waals surface area contributed by atoms with Crippen molar-refractivity contribution in [3.8, 4) is 0 Å². The lowest BCUT2D eigenvalue weighted by atomic mass is 9.99. The van der Waals surface area contributed by atoms with Gasteiger partial charge in [-0.3, -0.25) is 4.79 Å². The molecule has 1 saturated heterocycles. The number of hydrogen-bond donors (Lipinski definition) is 2. The Morgan fingerprint density at radius 3 is 2.55 bits per heavy atom. The molecule has 0 amide bonds. The molecule has 2 N–H and O–H groups in total. The Balaban J connectivity index is 2.48. The average Bonchev–Trinajstić information content (AvgIpc) is 2.44. The monoisotopic (exact) mass is 308 g/mol. The molecule has 1 atom stereocenters. The number of methoxy groups -OCH3 is 1. The second-order valence-electron chi connectivity index (χ2n) is 5.09. The quantitative estimate of drug-likeness (QED) is 0.639. The lowest BCUT2D eigenvalue weighted by Crippen LogP contribution is -2.48. The van der Waals surface area contributed by atoms with Gasteiger partial charge in [-0.1, -0.05) is 0 Å². The Kier molecular flexibility index (Phi) is 6.87. The molecule has 1 fully saturated rings. The van der Waals surface area contributed by atoms with Crippen molar-refractivity contribution in [2.24, 2.45) is 5.92 Å². The van der Waals surface area contributed by atoms with Gasteiger partial charge in [0.1, 0.15) is 0 Å². The fourth-order valence-electron chi connectivity index (χ4n) is 2.28. The highest BCUT2D eigenvalue weighted by Gasteiger charge is 2.31.